The summed E-state index contributed by atoms with van der Waals surface area (Å²) in [6.07, 6.45) is 5.62. The molecule has 0 heterocycles. The lowest BCUT2D eigenvalue weighted by atomic mass is 10.1. The summed E-state index contributed by atoms with van der Waals surface area (Å²) in [5, 5.41) is 6.58. The highest BCUT2D eigenvalue weighted by molar-refractivity contribution is 5.79. The zero-order chi connectivity index (χ0) is 17.2. The number of aliphatic imine (C=N–C) groups is 1. The minimum atomic E-state index is -0.0840. The summed E-state index contributed by atoms with van der Waals surface area (Å²) in [4.78, 5) is 15.7. The molecule has 0 aliphatic carbocycles. The fourth-order valence-electron chi connectivity index (χ4n) is 2.03. The van der Waals surface area contributed by atoms with Gasteiger partial charge in [-0.3, -0.25) is 9.79 Å². The normalized spacial score (nSPS) is 11.3. The molecule has 0 fully saturated rings. The molecule has 6 nitrogen and oxygen atoms in total. The number of hydrogen-bond acceptors (Lipinski definition) is 4. The molecule has 0 aromatic rings. The molecule has 0 aromatic carbocycles. The molecular weight excluding hydrogens is 294 g/mol. The second kappa shape index (κ2) is 17.1. The molecule has 136 valence electrons. The van der Waals surface area contributed by atoms with Crippen LogP contribution in [0.4, 0.5) is 0 Å². The molecule has 0 aliphatic heterocycles. The van der Waals surface area contributed by atoms with Crippen molar-refractivity contribution in [1.29, 1.82) is 0 Å². The molecule has 0 radical (unpaired) electrons. The van der Waals surface area contributed by atoms with Crippen molar-refractivity contribution >= 4 is 11.9 Å². The second-order valence-corrected chi connectivity index (χ2v) is 5.21. The number of carbonyl (C=O) groups is 1. The summed E-state index contributed by atoms with van der Waals surface area (Å²) in [5.74, 6) is 0.787. The number of guanidine groups is 1. The maximum Gasteiger partial charge on any atom is 0.305 e. The van der Waals surface area contributed by atoms with Crippen LogP contribution >= 0.6 is 0 Å². The quantitative estimate of drug-likeness (QED) is 0.222. The van der Waals surface area contributed by atoms with Crippen molar-refractivity contribution in [2.45, 2.75) is 59.3 Å². The molecule has 0 saturated carbocycles. The van der Waals surface area contributed by atoms with E-state index in [1.165, 1.54) is 0 Å². The van der Waals surface area contributed by atoms with Crippen molar-refractivity contribution in [2.75, 3.05) is 39.5 Å². The predicted molar refractivity (Wildman–Crippen MR) is 94.8 cm³/mol. The summed E-state index contributed by atoms with van der Waals surface area (Å²) in [5.41, 5.74) is 0. The number of nitrogens with zero attached hydrogens (tertiary/aromatic N) is 1. The highest BCUT2D eigenvalue weighted by Gasteiger charge is 2.01. The van der Waals surface area contributed by atoms with Crippen LogP contribution in [0.2, 0.25) is 0 Å². The summed E-state index contributed by atoms with van der Waals surface area (Å²) in [6.45, 7) is 10.4. The van der Waals surface area contributed by atoms with Crippen LogP contribution in [0.5, 0.6) is 0 Å². The van der Waals surface area contributed by atoms with Gasteiger partial charge in [0.1, 0.15) is 0 Å². The van der Waals surface area contributed by atoms with Gasteiger partial charge in [-0.1, -0.05) is 12.8 Å². The van der Waals surface area contributed by atoms with Crippen molar-refractivity contribution in [3.63, 3.8) is 0 Å². The van der Waals surface area contributed by atoms with Crippen molar-refractivity contribution in [1.82, 2.24) is 10.6 Å². The van der Waals surface area contributed by atoms with Crippen LogP contribution in [0, 0.1) is 0 Å². The lowest BCUT2D eigenvalue weighted by Gasteiger charge is -2.11. The van der Waals surface area contributed by atoms with Crippen LogP contribution in [-0.4, -0.2) is 51.4 Å². The topological polar surface area (TPSA) is 72.0 Å². The third-order valence-corrected chi connectivity index (χ3v) is 3.17. The van der Waals surface area contributed by atoms with Gasteiger partial charge >= 0.3 is 5.97 Å². The van der Waals surface area contributed by atoms with Crippen LogP contribution in [0.25, 0.3) is 0 Å². The molecule has 0 spiro atoms. The van der Waals surface area contributed by atoms with Gasteiger partial charge in [0.05, 0.1) is 6.61 Å². The van der Waals surface area contributed by atoms with Gasteiger partial charge < -0.3 is 20.1 Å². The summed E-state index contributed by atoms with van der Waals surface area (Å²) in [6, 6.07) is 0. The van der Waals surface area contributed by atoms with Gasteiger partial charge in [-0.05, 0) is 40.0 Å². The summed E-state index contributed by atoms with van der Waals surface area (Å²) >= 11 is 0. The van der Waals surface area contributed by atoms with Gasteiger partial charge in [0, 0.05) is 39.3 Å². The van der Waals surface area contributed by atoms with Gasteiger partial charge in [-0.25, -0.2) is 0 Å². The zero-order valence-electron chi connectivity index (χ0n) is 15.2. The predicted octanol–water partition coefficient (Wildman–Crippen LogP) is 2.48. The van der Waals surface area contributed by atoms with Gasteiger partial charge in [0.2, 0.25) is 0 Å². The fourth-order valence-corrected chi connectivity index (χ4v) is 2.03. The molecule has 0 aliphatic rings. The van der Waals surface area contributed by atoms with Crippen LogP contribution in [-0.2, 0) is 14.3 Å². The van der Waals surface area contributed by atoms with Crippen LogP contribution < -0.4 is 10.6 Å². The van der Waals surface area contributed by atoms with Crippen molar-refractivity contribution in [3.05, 3.63) is 0 Å². The zero-order valence-corrected chi connectivity index (χ0v) is 15.2. The summed E-state index contributed by atoms with van der Waals surface area (Å²) < 4.78 is 10.2. The van der Waals surface area contributed by atoms with Gasteiger partial charge in [0.25, 0.3) is 0 Å². The Morgan fingerprint density at radius 2 is 1.74 bits per heavy atom. The molecule has 0 rings (SSSR count). The van der Waals surface area contributed by atoms with Gasteiger partial charge in [0.15, 0.2) is 5.96 Å². The Morgan fingerprint density at radius 1 is 0.957 bits per heavy atom. The molecule has 0 saturated heterocycles. The van der Waals surface area contributed by atoms with Crippen molar-refractivity contribution in [3.8, 4) is 0 Å². The molecular formula is C17H35N3O3. The van der Waals surface area contributed by atoms with E-state index in [1.807, 2.05) is 13.8 Å². The second-order valence-electron chi connectivity index (χ2n) is 5.21. The Labute approximate surface area is 141 Å². The largest absolute Gasteiger partial charge is 0.466 e. The molecule has 2 N–H and O–H groups in total. The average molecular weight is 329 g/mol. The smallest absolute Gasteiger partial charge is 0.305 e. The molecule has 0 amide bonds. The first-order valence-electron chi connectivity index (χ1n) is 9.00. The molecule has 23 heavy (non-hydrogen) atoms. The van der Waals surface area contributed by atoms with Crippen LogP contribution in [0.3, 0.4) is 0 Å². The Balaban J connectivity index is 3.63. The number of nitrogens with one attached hydrogen (secondary N) is 2. The minimum absolute atomic E-state index is 0.0840. The number of rotatable bonds is 14. The minimum Gasteiger partial charge on any atom is -0.466 e. The first kappa shape index (κ1) is 21.7. The number of ether oxygens (including phenoxy) is 2. The van der Waals surface area contributed by atoms with E-state index < -0.39 is 0 Å². The van der Waals surface area contributed by atoms with E-state index in [-0.39, 0.29) is 5.97 Å². The van der Waals surface area contributed by atoms with Gasteiger partial charge in [-0.2, -0.15) is 0 Å². The fraction of sp³-hybridized carbons (Fsp3) is 0.882. The van der Waals surface area contributed by atoms with Crippen molar-refractivity contribution in [2.24, 2.45) is 4.99 Å². The number of carbonyl (C=O) groups excluding carboxylic acids is 1. The van der Waals surface area contributed by atoms with E-state index in [0.717, 1.165) is 70.9 Å². The number of esters is 1. The highest BCUT2D eigenvalue weighted by Crippen LogP contribution is 2.03. The monoisotopic (exact) mass is 329 g/mol. The standard InChI is InChI=1S/C17H35N3O3/c1-4-18-17(20-14-11-15-22-5-2)19-13-10-8-7-9-12-16(21)23-6-3/h4-15H2,1-3H3,(H2,18,19,20). The maximum absolute atomic E-state index is 11.2. The SMILES string of the molecule is CCNC(=NCCCOCC)NCCCCCCC(=O)OCC. The average Bonchev–Trinajstić information content (AvgIpc) is 2.53. The third-order valence-electron chi connectivity index (χ3n) is 3.17. The Kier molecular flexibility index (Phi) is 16.1. The number of hydrogen-bond donors (Lipinski definition) is 2. The molecule has 0 aromatic heterocycles. The van der Waals surface area contributed by atoms with Crippen LogP contribution in [0.15, 0.2) is 4.99 Å². The lowest BCUT2D eigenvalue weighted by molar-refractivity contribution is -0.143. The molecule has 0 atom stereocenters. The van der Waals surface area contributed by atoms with E-state index >= 15 is 0 Å². The van der Waals surface area contributed by atoms with E-state index in [0.29, 0.717) is 13.0 Å². The highest BCUT2D eigenvalue weighted by atomic mass is 16.5. The molecule has 6 heteroatoms. The Hall–Kier alpha value is -1.30. The first-order chi connectivity index (χ1) is 11.2. The van der Waals surface area contributed by atoms with Gasteiger partial charge in [-0.15, -0.1) is 0 Å². The number of unbranched alkanes of at least 4 members (excludes halogenated alkanes) is 3. The third kappa shape index (κ3) is 15.4. The molecule has 0 bridgehead atoms. The lowest BCUT2D eigenvalue weighted by Crippen LogP contribution is -2.37. The van der Waals surface area contributed by atoms with E-state index in [9.17, 15) is 4.79 Å². The van der Waals surface area contributed by atoms with Crippen LogP contribution in [0.1, 0.15) is 59.3 Å². The van der Waals surface area contributed by atoms with Crippen molar-refractivity contribution < 1.29 is 14.3 Å². The van der Waals surface area contributed by atoms with E-state index in [4.69, 9.17) is 9.47 Å². The summed E-state index contributed by atoms with van der Waals surface area (Å²) in [7, 11) is 0. The Morgan fingerprint density at radius 3 is 2.43 bits per heavy atom. The molecule has 0 unspecified atom stereocenters. The van der Waals surface area contributed by atoms with E-state index in [1.54, 1.807) is 0 Å². The van der Waals surface area contributed by atoms with E-state index in [2.05, 4.69) is 22.5 Å². The Bertz CT molecular complexity index is 309. The first-order valence-corrected chi connectivity index (χ1v) is 9.00. The maximum atomic E-state index is 11.2.